The molecule has 1 aromatic carbocycles. The molecule has 0 saturated heterocycles. The Morgan fingerprint density at radius 3 is 2.68 bits per heavy atom. The fraction of sp³-hybridized carbons (Fsp3) is 0.524. The molecule has 7 heteroatoms. The molecule has 0 fully saturated rings. The van der Waals surface area contributed by atoms with E-state index in [1.54, 1.807) is 24.1 Å². The highest BCUT2D eigenvalue weighted by Crippen LogP contribution is 2.38. The van der Waals surface area contributed by atoms with Gasteiger partial charge in [0, 0.05) is 37.0 Å². The van der Waals surface area contributed by atoms with E-state index in [4.69, 9.17) is 15.5 Å². The fourth-order valence-corrected chi connectivity index (χ4v) is 4.09. The van der Waals surface area contributed by atoms with Crippen LogP contribution in [0, 0.1) is 5.82 Å². The monoisotopic (exact) mass is 388 g/mol. The van der Waals surface area contributed by atoms with Gasteiger partial charge in [0.1, 0.15) is 11.6 Å². The third-order valence-corrected chi connectivity index (χ3v) is 5.42. The van der Waals surface area contributed by atoms with Crippen molar-refractivity contribution in [2.24, 2.45) is 5.73 Å². The van der Waals surface area contributed by atoms with Crippen LogP contribution in [0.25, 0.3) is 11.3 Å². The number of rotatable bonds is 5. The first-order valence-electron chi connectivity index (χ1n) is 9.61. The van der Waals surface area contributed by atoms with Crippen molar-refractivity contribution in [3.05, 3.63) is 41.1 Å². The van der Waals surface area contributed by atoms with Crippen LogP contribution in [0.15, 0.2) is 18.2 Å². The molecule has 3 rings (SSSR count). The standard InChI is InChI=1S/C21H29FN4O2/c1-13(2)19-18(14-6-7-16(22)15(10-14)12-28-5)24-20-21(3,4)26(17(27)11-23)9-8-25(19)20/h6-7,10,13H,8-9,11-12,23H2,1-5H3. The Morgan fingerprint density at radius 2 is 2.07 bits per heavy atom. The fourth-order valence-electron chi connectivity index (χ4n) is 4.09. The average Bonchev–Trinajstić information content (AvgIpc) is 3.04. The number of carbonyl (C=O) groups excluding carboxylic acids is 1. The predicted molar refractivity (Wildman–Crippen MR) is 106 cm³/mol. The zero-order valence-corrected chi connectivity index (χ0v) is 17.3. The van der Waals surface area contributed by atoms with Gasteiger partial charge in [0.05, 0.1) is 24.4 Å². The van der Waals surface area contributed by atoms with E-state index in [0.717, 1.165) is 22.8 Å². The lowest BCUT2D eigenvalue weighted by Gasteiger charge is -2.42. The van der Waals surface area contributed by atoms with Gasteiger partial charge in [-0.15, -0.1) is 0 Å². The number of methoxy groups -OCH3 is 1. The minimum atomic E-state index is -0.577. The highest BCUT2D eigenvalue weighted by Gasteiger charge is 2.41. The molecule has 1 aliphatic heterocycles. The van der Waals surface area contributed by atoms with Gasteiger partial charge in [-0.05, 0) is 38.0 Å². The van der Waals surface area contributed by atoms with Crippen molar-refractivity contribution < 1.29 is 13.9 Å². The molecule has 28 heavy (non-hydrogen) atoms. The third-order valence-electron chi connectivity index (χ3n) is 5.42. The first-order valence-corrected chi connectivity index (χ1v) is 9.61. The number of hydrogen-bond donors (Lipinski definition) is 1. The van der Waals surface area contributed by atoms with Gasteiger partial charge in [-0.1, -0.05) is 13.8 Å². The van der Waals surface area contributed by atoms with Crippen LogP contribution in [0.2, 0.25) is 0 Å². The Kier molecular flexibility index (Phi) is 5.59. The van der Waals surface area contributed by atoms with Crippen LogP contribution in [0.3, 0.4) is 0 Å². The van der Waals surface area contributed by atoms with Crippen LogP contribution in [-0.2, 0) is 28.2 Å². The van der Waals surface area contributed by atoms with Crippen molar-refractivity contribution >= 4 is 5.91 Å². The molecule has 1 aliphatic rings. The number of amides is 1. The number of nitrogens with zero attached hydrogens (tertiary/aromatic N) is 3. The van der Waals surface area contributed by atoms with Crippen molar-refractivity contribution in [2.45, 2.75) is 52.3 Å². The lowest BCUT2D eigenvalue weighted by molar-refractivity contribution is -0.137. The van der Waals surface area contributed by atoms with Crippen LogP contribution < -0.4 is 5.73 Å². The summed E-state index contributed by atoms with van der Waals surface area (Å²) in [5, 5.41) is 0. The highest BCUT2D eigenvalue weighted by atomic mass is 19.1. The summed E-state index contributed by atoms with van der Waals surface area (Å²) in [4.78, 5) is 19.1. The Balaban J connectivity index is 2.17. The second-order valence-corrected chi connectivity index (χ2v) is 8.02. The zero-order chi connectivity index (χ0) is 20.6. The van der Waals surface area contributed by atoms with Gasteiger partial charge in [0.25, 0.3) is 0 Å². The first-order chi connectivity index (χ1) is 13.2. The molecule has 1 aromatic heterocycles. The lowest BCUT2D eigenvalue weighted by atomic mass is 9.98. The molecule has 152 valence electrons. The topological polar surface area (TPSA) is 73.4 Å². The number of fused-ring (bicyclic) bond motifs is 1. The molecule has 1 amide bonds. The van der Waals surface area contributed by atoms with Gasteiger partial charge in [0.2, 0.25) is 5.91 Å². The Hall–Kier alpha value is -2.25. The van der Waals surface area contributed by atoms with Crippen LogP contribution in [0.4, 0.5) is 4.39 Å². The van der Waals surface area contributed by atoms with E-state index in [1.165, 1.54) is 6.07 Å². The van der Waals surface area contributed by atoms with Gasteiger partial charge >= 0.3 is 0 Å². The summed E-state index contributed by atoms with van der Waals surface area (Å²) in [5.41, 5.74) is 8.31. The van der Waals surface area contributed by atoms with Crippen molar-refractivity contribution in [2.75, 3.05) is 20.2 Å². The molecule has 2 N–H and O–H groups in total. The molecule has 0 saturated carbocycles. The molecular weight excluding hydrogens is 359 g/mol. The van der Waals surface area contributed by atoms with Crippen molar-refractivity contribution in [1.82, 2.24) is 14.5 Å². The van der Waals surface area contributed by atoms with E-state index >= 15 is 0 Å². The summed E-state index contributed by atoms with van der Waals surface area (Å²) < 4.78 is 21.4. The summed E-state index contributed by atoms with van der Waals surface area (Å²) in [6, 6.07) is 5.01. The van der Waals surface area contributed by atoms with Crippen molar-refractivity contribution in [3.8, 4) is 11.3 Å². The normalized spacial score (nSPS) is 15.8. The number of halogens is 1. The Morgan fingerprint density at radius 1 is 1.36 bits per heavy atom. The molecule has 0 atom stereocenters. The number of hydrogen-bond acceptors (Lipinski definition) is 4. The van der Waals surface area contributed by atoms with Crippen LogP contribution in [0.5, 0.6) is 0 Å². The van der Waals surface area contributed by atoms with Gasteiger partial charge < -0.3 is 19.9 Å². The maximum atomic E-state index is 14.1. The first kappa shape index (κ1) is 20.5. The number of aromatic nitrogens is 2. The maximum Gasteiger partial charge on any atom is 0.237 e. The Bertz CT molecular complexity index is 889. The highest BCUT2D eigenvalue weighted by molar-refractivity contribution is 5.79. The summed E-state index contributed by atoms with van der Waals surface area (Å²) in [5.74, 6) is 0.674. The molecule has 2 heterocycles. The van der Waals surface area contributed by atoms with Gasteiger partial charge in [-0.25, -0.2) is 9.37 Å². The van der Waals surface area contributed by atoms with Crippen molar-refractivity contribution in [1.29, 1.82) is 0 Å². The molecule has 0 spiro atoms. The molecule has 0 unspecified atom stereocenters. The number of ether oxygens (including phenoxy) is 1. The summed E-state index contributed by atoms with van der Waals surface area (Å²) >= 11 is 0. The molecule has 6 nitrogen and oxygen atoms in total. The largest absolute Gasteiger partial charge is 0.380 e. The van der Waals surface area contributed by atoms with Crippen molar-refractivity contribution in [3.63, 3.8) is 0 Å². The summed E-state index contributed by atoms with van der Waals surface area (Å²) in [6.07, 6.45) is 0. The summed E-state index contributed by atoms with van der Waals surface area (Å²) in [6.45, 7) is 9.67. The predicted octanol–water partition coefficient (Wildman–Crippen LogP) is 3.00. The van der Waals surface area contributed by atoms with Crippen LogP contribution >= 0.6 is 0 Å². The maximum absolute atomic E-state index is 14.1. The molecule has 0 radical (unpaired) electrons. The second kappa shape index (κ2) is 7.64. The summed E-state index contributed by atoms with van der Waals surface area (Å²) in [7, 11) is 1.55. The van der Waals surface area contributed by atoms with E-state index < -0.39 is 5.54 Å². The van der Waals surface area contributed by atoms with Crippen LogP contribution in [-0.4, -0.2) is 40.6 Å². The minimum Gasteiger partial charge on any atom is -0.380 e. The van der Waals surface area contributed by atoms with E-state index in [0.29, 0.717) is 18.7 Å². The average molecular weight is 388 g/mol. The smallest absolute Gasteiger partial charge is 0.237 e. The molecule has 0 bridgehead atoms. The second-order valence-electron chi connectivity index (χ2n) is 8.02. The molecular formula is C21H29FN4O2. The Labute approximate surface area is 165 Å². The van der Waals surface area contributed by atoms with E-state index in [1.807, 2.05) is 13.8 Å². The van der Waals surface area contributed by atoms with Gasteiger partial charge in [-0.3, -0.25) is 4.79 Å². The quantitative estimate of drug-likeness (QED) is 0.855. The molecule has 2 aromatic rings. The third kappa shape index (κ3) is 3.33. The number of imidazole rings is 1. The lowest BCUT2D eigenvalue weighted by Crippen LogP contribution is -2.53. The number of carbonyl (C=O) groups is 1. The zero-order valence-electron chi connectivity index (χ0n) is 17.3. The molecule has 0 aliphatic carbocycles. The van der Waals surface area contributed by atoms with E-state index in [2.05, 4.69) is 18.4 Å². The van der Waals surface area contributed by atoms with Crippen LogP contribution in [0.1, 0.15) is 50.7 Å². The van der Waals surface area contributed by atoms with E-state index in [-0.39, 0.29) is 30.8 Å². The van der Waals surface area contributed by atoms with Gasteiger partial charge in [-0.2, -0.15) is 0 Å². The van der Waals surface area contributed by atoms with E-state index in [9.17, 15) is 9.18 Å². The number of benzene rings is 1. The number of nitrogens with two attached hydrogens (primary N) is 1. The minimum absolute atomic E-state index is 0.0215. The SMILES string of the molecule is COCc1cc(-c2nc3n(c2C(C)C)CCN(C(=O)CN)C3(C)C)ccc1F. The van der Waals surface area contributed by atoms with Gasteiger partial charge in [0.15, 0.2) is 0 Å².